The summed E-state index contributed by atoms with van der Waals surface area (Å²) in [6.07, 6.45) is 4.78. The Morgan fingerprint density at radius 1 is 1.37 bits per heavy atom. The van der Waals surface area contributed by atoms with Crippen molar-refractivity contribution in [3.63, 3.8) is 0 Å². The molecule has 1 aliphatic heterocycles. The average molecular weight is 373 g/mol. The van der Waals surface area contributed by atoms with Crippen molar-refractivity contribution in [3.8, 4) is 16.9 Å². The second-order valence-corrected chi connectivity index (χ2v) is 6.47. The number of nitrogens with one attached hydrogen (secondary N) is 1. The van der Waals surface area contributed by atoms with Crippen LogP contribution in [0.1, 0.15) is 13.0 Å². The first-order valence-corrected chi connectivity index (χ1v) is 8.34. The predicted octanol–water partition coefficient (Wildman–Crippen LogP) is 2.86. The predicted molar refractivity (Wildman–Crippen MR) is 94.1 cm³/mol. The third-order valence-corrected chi connectivity index (χ3v) is 4.51. The summed E-state index contributed by atoms with van der Waals surface area (Å²) in [6, 6.07) is 3.53. The smallest absolute Gasteiger partial charge is 0.333 e. The molecular weight excluding hydrogens is 356 g/mol. The summed E-state index contributed by atoms with van der Waals surface area (Å²) in [5.74, 6) is 0.822. The Morgan fingerprint density at radius 3 is 2.85 bits per heavy atom. The Hall–Kier alpha value is -3.23. The van der Waals surface area contributed by atoms with Gasteiger partial charge in [-0.25, -0.2) is 4.68 Å². The largest absolute Gasteiger partial charge is 0.461 e. The van der Waals surface area contributed by atoms with E-state index in [2.05, 4.69) is 22.1 Å². The van der Waals surface area contributed by atoms with E-state index < -0.39 is 6.55 Å². The van der Waals surface area contributed by atoms with Gasteiger partial charge in [0.2, 0.25) is 5.91 Å². The van der Waals surface area contributed by atoms with E-state index >= 15 is 0 Å². The normalized spacial score (nSPS) is 16.9. The SMILES string of the molecule is C=C(Oc1cc(-c2cnn(C(F)F)c2)cc2nn(C)cc12)[C@H]1CNC(=O)C1. The van der Waals surface area contributed by atoms with Gasteiger partial charge in [-0.2, -0.15) is 19.0 Å². The quantitative estimate of drug-likeness (QED) is 0.698. The molecule has 0 unspecified atom stereocenters. The van der Waals surface area contributed by atoms with Crippen molar-refractivity contribution in [3.05, 3.63) is 43.1 Å². The summed E-state index contributed by atoms with van der Waals surface area (Å²) in [7, 11) is 1.78. The third kappa shape index (κ3) is 3.27. The first-order chi connectivity index (χ1) is 12.9. The van der Waals surface area contributed by atoms with Crippen LogP contribution in [-0.2, 0) is 11.8 Å². The highest BCUT2D eigenvalue weighted by molar-refractivity contribution is 5.90. The minimum atomic E-state index is -2.71. The fourth-order valence-electron chi connectivity index (χ4n) is 3.11. The number of fused-ring (bicyclic) bond motifs is 1. The number of ether oxygens (including phenoxy) is 1. The fourth-order valence-corrected chi connectivity index (χ4v) is 3.11. The molecule has 1 amide bonds. The minimum Gasteiger partial charge on any atom is -0.461 e. The molecule has 0 saturated carbocycles. The van der Waals surface area contributed by atoms with Crippen LogP contribution in [0.2, 0.25) is 0 Å². The molecule has 0 radical (unpaired) electrons. The topological polar surface area (TPSA) is 74.0 Å². The van der Waals surface area contributed by atoms with Crippen LogP contribution >= 0.6 is 0 Å². The van der Waals surface area contributed by atoms with Gasteiger partial charge >= 0.3 is 6.55 Å². The second kappa shape index (κ2) is 6.49. The van der Waals surface area contributed by atoms with Gasteiger partial charge in [0.15, 0.2) is 0 Å². The van der Waals surface area contributed by atoms with E-state index in [1.807, 2.05) is 6.20 Å². The Kier molecular flexibility index (Phi) is 4.14. The van der Waals surface area contributed by atoms with Crippen LogP contribution in [-0.4, -0.2) is 32.0 Å². The standard InChI is InChI=1S/C18H17F2N5O2/c1-10(12-5-17(26)21-6-12)27-16-4-11(3-15-14(16)9-24(2)23-15)13-7-22-25(8-13)18(19)20/h3-4,7-9,12,18H,1,5-6H2,2H3,(H,21,26)/t12-/m1/s1. The summed E-state index contributed by atoms with van der Waals surface area (Å²) < 4.78 is 33.9. The Bertz CT molecular complexity index is 1040. The third-order valence-electron chi connectivity index (χ3n) is 4.51. The van der Waals surface area contributed by atoms with Gasteiger partial charge in [0.05, 0.1) is 17.1 Å². The number of halogens is 2. The Labute approximate surface area is 153 Å². The minimum absolute atomic E-state index is 0.0376. The molecule has 2 aromatic heterocycles. The van der Waals surface area contributed by atoms with Crippen molar-refractivity contribution >= 4 is 16.8 Å². The number of carbonyl (C=O) groups is 1. The van der Waals surface area contributed by atoms with Gasteiger partial charge in [-0.3, -0.25) is 9.48 Å². The van der Waals surface area contributed by atoms with E-state index in [9.17, 15) is 13.6 Å². The lowest BCUT2D eigenvalue weighted by molar-refractivity contribution is -0.119. The zero-order valence-electron chi connectivity index (χ0n) is 14.5. The molecule has 140 valence electrons. The number of carbonyl (C=O) groups excluding carboxylic acids is 1. The van der Waals surface area contributed by atoms with Crippen molar-refractivity contribution in [2.24, 2.45) is 13.0 Å². The number of aryl methyl sites for hydroxylation is 1. The maximum atomic E-state index is 12.8. The highest BCUT2D eigenvalue weighted by Gasteiger charge is 2.26. The molecule has 1 aromatic carbocycles. The number of alkyl halides is 2. The van der Waals surface area contributed by atoms with Gasteiger partial charge in [0.25, 0.3) is 0 Å². The van der Waals surface area contributed by atoms with E-state index in [0.29, 0.717) is 45.8 Å². The molecular formula is C18H17F2N5O2. The van der Waals surface area contributed by atoms with E-state index in [0.717, 1.165) is 5.39 Å². The van der Waals surface area contributed by atoms with Gasteiger partial charge in [-0.15, -0.1) is 0 Å². The molecule has 0 spiro atoms. The first kappa shape index (κ1) is 17.2. The maximum absolute atomic E-state index is 12.8. The molecule has 4 rings (SSSR count). The number of rotatable bonds is 5. The van der Waals surface area contributed by atoms with E-state index in [1.165, 1.54) is 12.4 Å². The average Bonchev–Trinajstić information content (AvgIpc) is 3.32. The molecule has 1 saturated heterocycles. The van der Waals surface area contributed by atoms with E-state index in [-0.39, 0.29) is 11.8 Å². The molecule has 1 fully saturated rings. The van der Waals surface area contributed by atoms with Gasteiger partial charge in [-0.05, 0) is 17.7 Å². The number of aromatic nitrogens is 4. The summed E-state index contributed by atoms with van der Waals surface area (Å²) in [5.41, 5.74) is 1.83. The van der Waals surface area contributed by atoms with Crippen LogP contribution in [0.4, 0.5) is 8.78 Å². The van der Waals surface area contributed by atoms with Crippen LogP contribution in [0.5, 0.6) is 5.75 Å². The van der Waals surface area contributed by atoms with Crippen molar-refractivity contribution in [2.45, 2.75) is 13.0 Å². The molecule has 27 heavy (non-hydrogen) atoms. The van der Waals surface area contributed by atoms with Crippen molar-refractivity contribution < 1.29 is 18.3 Å². The fraction of sp³-hybridized carbons (Fsp3) is 0.278. The summed E-state index contributed by atoms with van der Waals surface area (Å²) in [5, 5.41) is 11.6. The molecule has 1 atom stereocenters. The van der Waals surface area contributed by atoms with Gasteiger partial charge in [0, 0.05) is 43.9 Å². The lowest BCUT2D eigenvalue weighted by atomic mass is 10.1. The molecule has 1 aliphatic rings. The Balaban J connectivity index is 1.71. The maximum Gasteiger partial charge on any atom is 0.333 e. The number of benzene rings is 1. The number of hydrogen-bond donors (Lipinski definition) is 1. The summed E-state index contributed by atoms with van der Waals surface area (Å²) >= 11 is 0. The zero-order chi connectivity index (χ0) is 19.1. The summed E-state index contributed by atoms with van der Waals surface area (Å²) in [4.78, 5) is 11.4. The van der Waals surface area contributed by atoms with Crippen LogP contribution in [0.25, 0.3) is 22.0 Å². The van der Waals surface area contributed by atoms with E-state index in [4.69, 9.17) is 4.74 Å². The number of hydrogen-bond acceptors (Lipinski definition) is 4. The van der Waals surface area contributed by atoms with Gasteiger partial charge in [-0.1, -0.05) is 6.58 Å². The monoisotopic (exact) mass is 373 g/mol. The number of amides is 1. The Morgan fingerprint density at radius 2 is 2.19 bits per heavy atom. The second-order valence-electron chi connectivity index (χ2n) is 6.47. The molecule has 9 heteroatoms. The van der Waals surface area contributed by atoms with Crippen molar-refractivity contribution in [2.75, 3.05) is 6.54 Å². The first-order valence-electron chi connectivity index (χ1n) is 8.34. The van der Waals surface area contributed by atoms with Crippen molar-refractivity contribution in [1.82, 2.24) is 24.9 Å². The van der Waals surface area contributed by atoms with Crippen LogP contribution in [0.15, 0.2) is 43.1 Å². The molecule has 3 heterocycles. The molecule has 1 N–H and O–H groups in total. The zero-order valence-corrected chi connectivity index (χ0v) is 14.5. The highest BCUT2D eigenvalue weighted by atomic mass is 19.3. The number of nitrogens with zero attached hydrogens (tertiary/aromatic N) is 4. The van der Waals surface area contributed by atoms with E-state index in [1.54, 1.807) is 23.9 Å². The lowest BCUT2D eigenvalue weighted by Gasteiger charge is -2.14. The molecule has 7 nitrogen and oxygen atoms in total. The van der Waals surface area contributed by atoms with Gasteiger partial charge in [0.1, 0.15) is 11.5 Å². The van der Waals surface area contributed by atoms with Crippen LogP contribution in [0.3, 0.4) is 0 Å². The van der Waals surface area contributed by atoms with Crippen LogP contribution in [0, 0.1) is 5.92 Å². The van der Waals surface area contributed by atoms with Gasteiger partial charge < -0.3 is 10.1 Å². The van der Waals surface area contributed by atoms with Crippen LogP contribution < -0.4 is 10.1 Å². The molecule has 0 bridgehead atoms. The van der Waals surface area contributed by atoms with Crippen molar-refractivity contribution in [1.29, 1.82) is 0 Å². The lowest BCUT2D eigenvalue weighted by Crippen LogP contribution is -2.15. The summed E-state index contributed by atoms with van der Waals surface area (Å²) in [6.45, 7) is 1.73. The molecule has 3 aromatic rings. The highest BCUT2D eigenvalue weighted by Crippen LogP contribution is 2.34. The molecule has 0 aliphatic carbocycles.